The fourth-order valence-corrected chi connectivity index (χ4v) is 2.04. The van der Waals surface area contributed by atoms with Gasteiger partial charge in [-0.25, -0.2) is 0 Å². The van der Waals surface area contributed by atoms with Crippen molar-refractivity contribution in [1.82, 2.24) is 0 Å². The van der Waals surface area contributed by atoms with Crippen LogP contribution in [0, 0.1) is 12.8 Å². The number of rotatable bonds is 6. The summed E-state index contributed by atoms with van der Waals surface area (Å²) in [4.78, 5) is 12.4. The van der Waals surface area contributed by atoms with E-state index in [4.69, 9.17) is 22.7 Å². The van der Waals surface area contributed by atoms with Crippen molar-refractivity contribution in [3.05, 3.63) is 23.8 Å². The van der Waals surface area contributed by atoms with Gasteiger partial charge in [0.25, 0.3) is 0 Å². The smallest absolute Gasteiger partial charge is 0.234 e. The predicted molar refractivity (Wildman–Crippen MR) is 81.5 cm³/mol. The van der Waals surface area contributed by atoms with Gasteiger partial charge in [-0.3, -0.25) is 4.79 Å². The Balaban J connectivity index is 2.83. The number of amides is 1. The van der Waals surface area contributed by atoms with Gasteiger partial charge in [-0.15, -0.1) is 0 Å². The zero-order chi connectivity index (χ0) is 14.4. The fourth-order valence-electron chi connectivity index (χ4n) is 1.81. The van der Waals surface area contributed by atoms with Crippen LogP contribution in [0.3, 0.4) is 0 Å². The van der Waals surface area contributed by atoms with E-state index < -0.39 is 5.92 Å². The highest BCUT2D eigenvalue weighted by Gasteiger charge is 2.20. The lowest BCUT2D eigenvalue weighted by Crippen LogP contribution is -2.33. The van der Waals surface area contributed by atoms with E-state index in [2.05, 4.69) is 5.32 Å². The highest BCUT2D eigenvalue weighted by molar-refractivity contribution is 7.80. The van der Waals surface area contributed by atoms with Gasteiger partial charge in [0.05, 0.1) is 18.0 Å². The van der Waals surface area contributed by atoms with E-state index in [-0.39, 0.29) is 10.9 Å². The van der Waals surface area contributed by atoms with E-state index in [1.165, 1.54) is 0 Å². The first-order chi connectivity index (χ1) is 8.99. The van der Waals surface area contributed by atoms with Gasteiger partial charge in [-0.2, -0.15) is 0 Å². The average Bonchev–Trinajstić information content (AvgIpc) is 2.37. The monoisotopic (exact) mass is 280 g/mol. The largest absolute Gasteiger partial charge is 0.497 e. The molecule has 104 valence electrons. The van der Waals surface area contributed by atoms with Crippen LogP contribution in [0.4, 0.5) is 5.69 Å². The molecule has 19 heavy (non-hydrogen) atoms. The molecule has 0 heterocycles. The standard InChI is InChI=1S/C14H20N2O2S/c1-4-5-11(13(15)19)14(17)16-12-7-6-10(18-3)8-9(12)2/h6-8,11H,4-5H2,1-3H3,(H2,15,19)(H,16,17). The lowest BCUT2D eigenvalue weighted by Gasteiger charge is -2.16. The van der Waals surface area contributed by atoms with E-state index in [0.29, 0.717) is 6.42 Å². The zero-order valence-corrected chi connectivity index (χ0v) is 12.3. The number of aryl methyl sites for hydroxylation is 1. The molecule has 4 nitrogen and oxygen atoms in total. The summed E-state index contributed by atoms with van der Waals surface area (Å²) in [6.45, 7) is 3.91. The van der Waals surface area contributed by atoms with Crippen LogP contribution < -0.4 is 15.8 Å². The Morgan fingerprint density at radius 3 is 2.68 bits per heavy atom. The number of nitrogens with one attached hydrogen (secondary N) is 1. The summed E-state index contributed by atoms with van der Waals surface area (Å²) in [5.41, 5.74) is 7.30. The molecule has 5 heteroatoms. The third kappa shape index (κ3) is 4.21. The Morgan fingerprint density at radius 1 is 1.53 bits per heavy atom. The maximum atomic E-state index is 12.1. The van der Waals surface area contributed by atoms with E-state index in [0.717, 1.165) is 23.4 Å². The Hall–Kier alpha value is -1.62. The van der Waals surface area contributed by atoms with Crippen molar-refractivity contribution in [2.24, 2.45) is 11.7 Å². The number of carbonyl (C=O) groups is 1. The third-order valence-corrected chi connectivity index (χ3v) is 3.21. The number of methoxy groups -OCH3 is 1. The van der Waals surface area contributed by atoms with Crippen molar-refractivity contribution in [1.29, 1.82) is 0 Å². The minimum atomic E-state index is -0.415. The van der Waals surface area contributed by atoms with Crippen LogP contribution in [0.15, 0.2) is 18.2 Å². The first-order valence-corrected chi connectivity index (χ1v) is 6.65. The van der Waals surface area contributed by atoms with Crippen molar-refractivity contribution in [3.8, 4) is 5.75 Å². The molecule has 0 aliphatic rings. The molecule has 0 bridgehead atoms. The molecule has 1 amide bonds. The van der Waals surface area contributed by atoms with Gasteiger partial charge in [-0.1, -0.05) is 25.6 Å². The summed E-state index contributed by atoms with van der Waals surface area (Å²) in [6, 6.07) is 5.48. The number of ether oxygens (including phenoxy) is 1. The van der Waals surface area contributed by atoms with Gasteiger partial charge < -0.3 is 15.8 Å². The molecule has 0 saturated heterocycles. The molecule has 0 aliphatic carbocycles. The minimum absolute atomic E-state index is 0.150. The quantitative estimate of drug-likeness (QED) is 0.786. The van der Waals surface area contributed by atoms with Gasteiger partial charge in [0.1, 0.15) is 5.75 Å². The highest BCUT2D eigenvalue weighted by Crippen LogP contribution is 2.22. The summed E-state index contributed by atoms with van der Waals surface area (Å²) < 4.78 is 5.13. The zero-order valence-electron chi connectivity index (χ0n) is 11.5. The second kappa shape index (κ2) is 7.09. The van der Waals surface area contributed by atoms with Crippen molar-refractivity contribution in [2.45, 2.75) is 26.7 Å². The molecule has 1 aromatic rings. The molecule has 0 saturated carbocycles. The second-order valence-corrected chi connectivity index (χ2v) is 4.89. The number of nitrogens with two attached hydrogens (primary N) is 1. The van der Waals surface area contributed by atoms with Crippen LogP contribution in [-0.2, 0) is 4.79 Å². The highest BCUT2D eigenvalue weighted by atomic mass is 32.1. The molecule has 1 rings (SSSR count). The van der Waals surface area contributed by atoms with E-state index in [9.17, 15) is 4.79 Å². The molecule has 0 aromatic heterocycles. The van der Waals surface area contributed by atoms with Crippen molar-refractivity contribution < 1.29 is 9.53 Å². The molecular weight excluding hydrogens is 260 g/mol. The molecule has 0 radical (unpaired) electrons. The van der Waals surface area contributed by atoms with Gasteiger partial charge in [-0.05, 0) is 37.1 Å². The predicted octanol–water partition coefficient (Wildman–Crippen LogP) is 2.64. The van der Waals surface area contributed by atoms with Crippen LogP contribution in [0.5, 0.6) is 5.75 Å². The van der Waals surface area contributed by atoms with E-state index >= 15 is 0 Å². The number of hydrogen-bond donors (Lipinski definition) is 2. The maximum absolute atomic E-state index is 12.1. The molecule has 1 unspecified atom stereocenters. The van der Waals surface area contributed by atoms with Crippen LogP contribution in [-0.4, -0.2) is 18.0 Å². The summed E-state index contributed by atoms with van der Waals surface area (Å²) in [5, 5.41) is 2.87. The lowest BCUT2D eigenvalue weighted by atomic mass is 10.0. The number of anilines is 1. The second-order valence-electron chi connectivity index (χ2n) is 4.41. The molecule has 0 spiro atoms. The van der Waals surface area contributed by atoms with Crippen LogP contribution >= 0.6 is 12.2 Å². The number of carbonyl (C=O) groups excluding carboxylic acids is 1. The summed E-state index contributed by atoms with van der Waals surface area (Å²) in [5.74, 6) is 0.194. The lowest BCUT2D eigenvalue weighted by molar-refractivity contribution is -0.118. The van der Waals surface area contributed by atoms with Gasteiger partial charge in [0.15, 0.2) is 0 Å². The molecule has 1 atom stereocenters. The Morgan fingerprint density at radius 2 is 2.21 bits per heavy atom. The molecule has 1 aromatic carbocycles. The number of benzene rings is 1. The van der Waals surface area contributed by atoms with Gasteiger partial charge in [0.2, 0.25) is 5.91 Å². The fraction of sp³-hybridized carbons (Fsp3) is 0.429. The Kier molecular flexibility index (Phi) is 5.76. The Bertz CT molecular complexity index is 475. The van der Waals surface area contributed by atoms with Crippen LogP contribution in [0.25, 0.3) is 0 Å². The molecule has 0 fully saturated rings. The summed E-state index contributed by atoms with van der Waals surface area (Å²) in [7, 11) is 1.61. The SMILES string of the molecule is CCCC(C(=O)Nc1ccc(OC)cc1C)C(N)=S. The number of hydrogen-bond acceptors (Lipinski definition) is 3. The minimum Gasteiger partial charge on any atom is -0.497 e. The molecular formula is C14H20N2O2S. The first kappa shape index (κ1) is 15.4. The van der Waals surface area contributed by atoms with Crippen molar-refractivity contribution >= 4 is 28.8 Å². The first-order valence-electron chi connectivity index (χ1n) is 6.24. The van der Waals surface area contributed by atoms with Gasteiger partial charge in [0, 0.05) is 5.69 Å². The summed E-state index contributed by atoms with van der Waals surface area (Å²) >= 11 is 4.94. The van der Waals surface area contributed by atoms with Crippen LogP contribution in [0.2, 0.25) is 0 Å². The third-order valence-electron chi connectivity index (χ3n) is 2.93. The number of thiocarbonyl (C=S) groups is 1. The van der Waals surface area contributed by atoms with Crippen molar-refractivity contribution in [2.75, 3.05) is 12.4 Å². The van der Waals surface area contributed by atoms with Crippen molar-refractivity contribution in [3.63, 3.8) is 0 Å². The van der Waals surface area contributed by atoms with E-state index in [1.807, 2.05) is 26.0 Å². The maximum Gasteiger partial charge on any atom is 0.234 e. The molecule has 3 N–H and O–H groups in total. The average molecular weight is 280 g/mol. The van der Waals surface area contributed by atoms with Crippen LogP contribution in [0.1, 0.15) is 25.3 Å². The molecule has 0 aliphatic heterocycles. The normalized spacial score (nSPS) is 11.7. The topological polar surface area (TPSA) is 64.3 Å². The van der Waals surface area contributed by atoms with E-state index in [1.54, 1.807) is 13.2 Å². The summed E-state index contributed by atoms with van der Waals surface area (Å²) in [6.07, 6.45) is 1.52. The Labute approximate surface area is 119 Å². The van der Waals surface area contributed by atoms with Gasteiger partial charge >= 0.3 is 0 Å².